The second-order valence-electron chi connectivity index (χ2n) is 6.25. The highest BCUT2D eigenvalue weighted by Gasteiger charge is 2.32. The van der Waals surface area contributed by atoms with Crippen LogP contribution in [0.2, 0.25) is 5.02 Å². The Labute approximate surface area is 127 Å². The van der Waals surface area contributed by atoms with Gasteiger partial charge in [0, 0.05) is 10.6 Å². The number of carbonyl (C=O) groups is 1. The Bertz CT molecular complexity index is 460. The summed E-state index contributed by atoms with van der Waals surface area (Å²) in [5, 5.41) is 0.672. The van der Waals surface area contributed by atoms with Gasteiger partial charge in [-0.2, -0.15) is 0 Å². The smallest absolute Gasteiger partial charge is 0.179 e. The summed E-state index contributed by atoms with van der Waals surface area (Å²) in [6.45, 7) is 8.68. The van der Waals surface area contributed by atoms with Crippen molar-refractivity contribution in [2.45, 2.75) is 46.1 Å². The minimum Gasteiger partial charge on any atom is -0.293 e. The van der Waals surface area contributed by atoms with Crippen LogP contribution >= 0.6 is 11.6 Å². The normalized spacial score (nSPS) is 20.6. The van der Waals surface area contributed by atoms with Crippen molar-refractivity contribution in [3.8, 4) is 0 Å². The number of likely N-dealkylation sites (tertiary alicyclic amines) is 1. The number of benzene rings is 1. The topological polar surface area (TPSA) is 20.3 Å². The van der Waals surface area contributed by atoms with Gasteiger partial charge in [-0.3, -0.25) is 9.69 Å². The van der Waals surface area contributed by atoms with Gasteiger partial charge in [-0.25, -0.2) is 0 Å². The number of piperidine rings is 1. The summed E-state index contributed by atoms with van der Waals surface area (Å²) >= 11 is 5.87. The van der Waals surface area contributed by atoms with Crippen molar-refractivity contribution in [3.05, 3.63) is 34.9 Å². The third-order valence-corrected chi connectivity index (χ3v) is 5.17. The first-order valence-electron chi connectivity index (χ1n) is 7.49. The van der Waals surface area contributed by atoms with Crippen LogP contribution in [0.5, 0.6) is 0 Å². The summed E-state index contributed by atoms with van der Waals surface area (Å²) in [5.74, 6) is 0.196. The lowest BCUT2D eigenvalue weighted by Gasteiger charge is -2.41. The van der Waals surface area contributed by atoms with Crippen LogP contribution in [0.3, 0.4) is 0 Å². The van der Waals surface area contributed by atoms with Crippen LogP contribution in [0, 0.1) is 5.41 Å². The molecule has 1 fully saturated rings. The first-order chi connectivity index (χ1) is 9.45. The van der Waals surface area contributed by atoms with E-state index >= 15 is 0 Å². The van der Waals surface area contributed by atoms with Crippen LogP contribution in [0.15, 0.2) is 24.3 Å². The molecule has 1 saturated heterocycles. The molecular weight excluding hydrogens is 270 g/mol. The number of rotatable bonds is 4. The minimum atomic E-state index is -0.0439. The molecule has 20 heavy (non-hydrogen) atoms. The number of halogens is 1. The SMILES string of the molecule is CCC1(C)CCN(C(C)C(=O)c2ccc(Cl)cc2)CC1. The number of Topliss-reactive ketones (excluding diaryl/α,β-unsaturated/α-hetero) is 1. The molecular formula is C17H24ClNO. The third-order valence-electron chi connectivity index (χ3n) is 4.91. The fourth-order valence-corrected chi connectivity index (χ4v) is 2.95. The van der Waals surface area contributed by atoms with Gasteiger partial charge in [0.05, 0.1) is 6.04 Å². The van der Waals surface area contributed by atoms with Crippen molar-refractivity contribution in [1.29, 1.82) is 0 Å². The molecule has 1 aromatic rings. The highest BCUT2D eigenvalue weighted by atomic mass is 35.5. The highest BCUT2D eigenvalue weighted by Crippen LogP contribution is 2.34. The van der Waals surface area contributed by atoms with Gasteiger partial charge >= 0.3 is 0 Å². The maximum atomic E-state index is 12.5. The largest absolute Gasteiger partial charge is 0.293 e. The van der Waals surface area contributed by atoms with Crippen molar-refractivity contribution in [3.63, 3.8) is 0 Å². The number of hydrogen-bond donors (Lipinski definition) is 0. The summed E-state index contributed by atoms with van der Waals surface area (Å²) in [4.78, 5) is 14.8. The Morgan fingerprint density at radius 1 is 1.30 bits per heavy atom. The van der Waals surface area contributed by atoms with Crippen LogP contribution in [0.25, 0.3) is 0 Å². The van der Waals surface area contributed by atoms with Crippen molar-refractivity contribution >= 4 is 17.4 Å². The molecule has 0 saturated carbocycles. The third kappa shape index (κ3) is 3.42. The molecule has 1 atom stereocenters. The number of carbonyl (C=O) groups excluding carboxylic acids is 1. The van der Waals surface area contributed by atoms with E-state index in [1.165, 1.54) is 19.3 Å². The molecule has 3 heteroatoms. The lowest BCUT2D eigenvalue weighted by atomic mass is 9.78. The molecule has 2 rings (SSSR count). The maximum absolute atomic E-state index is 12.5. The van der Waals surface area contributed by atoms with E-state index in [0.717, 1.165) is 18.7 Å². The van der Waals surface area contributed by atoms with E-state index in [2.05, 4.69) is 18.7 Å². The summed E-state index contributed by atoms with van der Waals surface area (Å²) < 4.78 is 0. The van der Waals surface area contributed by atoms with Gasteiger partial charge in [0.15, 0.2) is 5.78 Å². The van der Waals surface area contributed by atoms with Crippen LogP contribution in [0.1, 0.15) is 50.4 Å². The quantitative estimate of drug-likeness (QED) is 0.766. The van der Waals surface area contributed by atoms with E-state index in [9.17, 15) is 4.79 Å². The highest BCUT2D eigenvalue weighted by molar-refractivity contribution is 6.30. The average Bonchev–Trinajstić information content (AvgIpc) is 2.47. The van der Waals surface area contributed by atoms with Crippen LogP contribution in [-0.2, 0) is 0 Å². The van der Waals surface area contributed by atoms with Gasteiger partial charge in [-0.15, -0.1) is 0 Å². The van der Waals surface area contributed by atoms with Gasteiger partial charge in [0.1, 0.15) is 0 Å². The zero-order chi connectivity index (χ0) is 14.8. The summed E-state index contributed by atoms with van der Waals surface area (Å²) in [6, 6.07) is 7.16. The molecule has 0 radical (unpaired) electrons. The molecule has 0 bridgehead atoms. The lowest BCUT2D eigenvalue weighted by Crippen LogP contribution is -2.46. The average molecular weight is 294 g/mol. The molecule has 1 heterocycles. The zero-order valence-electron chi connectivity index (χ0n) is 12.7. The predicted molar refractivity (Wildman–Crippen MR) is 84.4 cm³/mol. The van der Waals surface area contributed by atoms with Crippen molar-refractivity contribution in [2.24, 2.45) is 5.41 Å². The Hall–Kier alpha value is -0.860. The zero-order valence-corrected chi connectivity index (χ0v) is 13.4. The van der Waals surface area contributed by atoms with E-state index in [-0.39, 0.29) is 11.8 Å². The lowest BCUT2D eigenvalue weighted by molar-refractivity contribution is 0.0642. The Kier molecular flexibility index (Phi) is 4.87. The van der Waals surface area contributed by atoms with Gasteiger partial charge in [0.2, 0.25) is 0 Å². The summed E-state index contributed by atoms with van der Waals surface area (Å²) in [7, 11) is 0. The molecule has 0 aliphatic carbocycles. The predicted octanol–water partition coefficient (Wildman–Crippen LogP) is 4.42. The maximum Gasteiger partial charge on any atom is 0.179 e. The van der Waals surface area contributed by atoms with Gasteiger partial charge in [0.25, 0.3) is 0 Å². The molecule has 0 amide bonds. The molecule has 0 N–H and O–H groups in total. The Morgan fingerprint density at radius 2 is 1.85 bits per heavy atom. The monoisotopic (exact) mass is 293 g/mol. The van der Waals surface area contributed by atoms with Crippen LogP contribution in [-0.4, -0.2) is 29.8 Å². The van der Waals surface area contributed by atoms with Crippen LogP contribution < -0.4 is 0 Å². The van der Waals surface area contributed by atoms with Gasteiger partial charge < -0.3 is 0 Å². The van der Waals surface area contributed by atoms with Crippen molar-refractivity contribution in [1.82, 2.24) is 4.90 Å². The molecule has 1 aliphatic rings. The van der Waals surface area contributed by atoms with Crippen molar-refractivity contribution < 1.29 is 4.79 Å². The molecule has 1 aliphatic heterocycles. The van der Waals surface area contributed by atoms with Gasteiger partial charge in [-0.05, 0) is 62.5 Å². The molecule has 2 nitrogen and oxygen atoms in total. The number of ketones is 1. The Balaban J connectivity index is 2.00. The van der Waals surface area contributed by atoms with E-state index < -0.39 is 0 Å². The number of nitrogens with zero attached hydrogens (tertiary/aromatic N) is 1. The van der Waals surface area contributed by atoms with E-state index in [0.29, 0.717) is 10.4 Å². The van der Waals surface area contributed by atoms with E-state index in [1.807, 2.05) is 19.1 Å². The summed E-state index contributed by atoms with van der Waals surface area (Å²) in [5.41, 5.74) is 1.21. The van der Waals surface area contributed by atoms with E-state index in [4.69, 9.17) is 11.6 Å². The molecule has 0 aromatic heterocycles. The first kappa shape index (κ1) is 15.5. The fourth-order valence-electron chi connectivity index (χ4n) is 2.83. The Morgan fingerprint density at radius 3 is 2.35 bits per heavy atom. The first-order valence-corrected chi connectivity index (χ1v) is 7.87. The second-order valence-corrected chi connectivity index (χ2v) is 6.68. The molecule has 110 valence electrons. The molecule has 1 unspecified atom stereocenters. The number of hydrogen-bond acceptors (Lipinski definition) is 2. The van der Waals surface area contributed by atoms with Gasteiger partial charge in [-0.1, -0.05) is 31.9 Å². The molecule has 0 spiro atoms. The molecule has 1 aromatic carbocycles. The second kappa shape index (κ2) is 6.28. The minimum absolute atomic E-state index is 0.0439. The van der Waals surface area contributed by atoms with Crippen molar-refractivity contribution in [2.75, 3.05) is 13.1 Å². The van der Waals surface area contributed by atoms with E-state index in [1.54, 1.807) is 12.1 Å². The fraction of sp³-hybridized carbons (Fsp3) is 0.588. The standard InChI is InChI=1S/C17H24ClNO/c1-4-17(3)9-11-19(12-10-17)13(2)16(20)14-5-7-15(18)8-6-14/h5-8,13H,4,9-12H2,1-3H3. The summed E-state index contributed by atoms with van der Waals surface area (Å²) in [6.07, 6.45) is 3.59. The van der Waals surface area contributed by atoms with Crippen LogP contribution in [0.4, 0.5) is 0 Å².